The molecule has 118 valence electrons. The lowest BCUT2D eigenvalue weighted by Gasteiger charge is -2.30. The fourth-order valence-corrected chi connectivity index (χ4v) is 4.83. The highest BCUT2D eigenvalue weighted by atomic mass is 79.9. The SMILES string of the molecule is CC12Cc3cc(Br)ccc3N1c1ccc(-c3ccccc3)cc1C2. The summed E-state index contributed by atoms with van der Waals surface area (Å²) in [7, 11) is 0. The van der Waals surface area contributed by atoms with Crippen LogP contribution in [0.15, 0.2) is 71.2 Å². The molecule has 0 spiro atoms. The molecule has 0 amide bonds. The van der Waals surface area contributed by atoms with Crippen molar-refractivity contribution >= 4 is 27.3 Å². The van der Waals surface area contributed by atoms with Gasteiger partial charge in [0.1, 0.15) is 0 Å². The van der Waals surface area contributed by atoms with Crippen LogP contribution in [-0.2, 0) is 12.8 Å². The molecule has 1 atom stereocenters. The van der Waals surface area contributed by atoms with Crippen molar-refractivity contribution in [3.05, 3.63) is 82.3 Å². The molecule has 0 radical (unpaired) electrons. The first-order chi connectivity index (χ1) is 11.6. The van der Waals surface area contributed by atoms with Gasteiger partial charge in [-0.15, -0.1) is 0 Å². The molecule has 1 unspecified atom stereocenters. The van der Waals surface area contributed by atoms with Crippen molar-refractivity contribution in [1.82, 2.24) is 0 Å². The minimum atomic E-state index is 0.167. The predicted octanol–water partition coefficient (Wildman–Crippen LogP) is 6.13. The second-order valence-corrected chi connectivity index (χ2v) is 8.08. The van der Waals surface area contributed by atoms with E-state index in [1.54, 1.807) is 0 Å². The van der Waals surface area contributed by atoms with E-state index >= 15 is 0 Å². The van der Waals surface area contributed by atoms with Crippen LogP contribution in [-0.4, -0.2) is 5.54 Å². The molecule has 0 aliphatic carbocycles. The van der Waals surface area contributed by atoms with Gasteiger partial charge in [-0.25, -0.2) is 0 Å². The molecule has 2 aliphatic heterocycles. The molecule has 0 N–H and O–H groups in total. The Kier molecular flexibility index (Phi) is 2.96. The van der Waals surface area contributed by atoms with Crippen molar-refractivity contribution in [1.29, 1.82) is 0 Å². The summed E-state index contributed by atoms with van der Waals surface area (Å²) in [5.41, 5.74) is 8.43. The van der Waals surface area contributed by atoms with Gasteiger partial charge in [0.2, 0.25) is 0 Å². The molecule has 0 saturated heterocycles. The van der Waals surface area contributed by atoms with Gasteiger partial charge in [0.15, 0.2) is 0 Å². The van der Waals surface area contributed by atoms with Crippen LogP contribution >= 0.6 is 15.9 Å². The second kappa shape index (κ2) is 4.97. The van der Waals surface area contributed by atoms with Crippen molar-refractivity contribution in [3.63, 3.8) is 0 Å². The maximum absolute atomic E-state index is 3.61. The van der Waals surface area contributed by atoms with E-state index in [0.29, 0.717) is 0 Å². The molecule has 0 aromatic heterocycles. The topological polar surface area (TPSA) is 3.24 Å². The van der Waals surface area contributed by atoms with Crippen molar-refractivity contribution in [2.75, 3.05) is 4.90 Å². The number of anilines is 2. The molecule has 2 heterocycles. The average Bonchev–Trinajstić information content (AvgIpc) is 3.02. The first-order valence-electron chi connectivity index (χ1n) is 8.41. The van der Waals surface area contributed by atoms with Gasteiger partial charge < -0.3 is 4.90 Å². The van der Waals surface area contributed by atoms with E-state index in [1.165, 1.54) is 38.1 Å². The van der Waals surface area contributed by atoms with Gasteiger partial charge in [-0.2, -0.15) is 0 Å². The minimum absolute atomic E-state index is 0.167. The normalized spacial score (nSPS) is 20.7. The molecule has 0 bridgehead atoms. The first kappa shape index (κ1) is 14.3. The van der Waals surface area contributed by atoms with Crippen molar-refractivity contribution < 1.29 is 0 Å². The molecule has 1 nitrogen and oxygen atoms in total. The number of hydrogen-bond donors (Lipinski definition) is 0. The van der Waals surface area contributed by atoms with Crippen molar-refractivity contribution in [2.24, 2.45) is 0 Å². The van der Waals surface area contributed by atoms with Gasteiger partial charge in [0.25, 0.3) is 0 Å². The van der Waals surface area contributed by atoms with Crippen LogP contribution in [0.5, 0.6) is 0 Å². The predicted molar refractivity (Wildman–Crippen MR) is 104 cm³/mol. The van der Waals surface area contributed by atoms with E-state index in [1.807, 2.05) is 0 Å². The summed E-state index contributed by atoms with van der Waals surface area (Å²) in [6.07, 6.45) is 2.21. The minimum Gasteiger partial charge on any atom is -0.334 e. The Bertz CT molecular complexity index is 947. The quantitative estimate of drug-likeness (QED) is 0.494. The lowest BCUT2D eigenvalue weighted by atomic mass is 9.91. The van der Waals surface area contributed by atoms with Crippen molar-refractivity contribution in [2.45, 2.75) is 25.3 Å². The lowest BCUT2D eigenvalue weighted by molar-refractivity contribution is 0.507. The summed E-state index contributed by atoms with van der Waals surface area (Å²) in [6, 6.07) is 24.3. The fraction of sp³-hybridized carbons (Fsp3) is 0.182. The zero-order valence-corrected chi connectivity index (χ0v) is 15.2. The zero-order chi connectivity index (χ0) is 16.3. The van der Waals surface area contributed by atoms with E-state index in [-0.39, 0.29) is 5.54 Å². The summed E-state index contributed by atoms with van der Waals surface area (Å²) < 4.78 is 1.17. The largest absolute Gasteiger partial charge is 0.334 e. The van der Waals surface area contributed by atoms with E-state index < -0.39 is 0 Å². The van der Waals surface area contributed by atoms with Gasteiger partial charge in [0, 0.05) is 15.8 Å². The van der Waals surface area contributed by atoms with Crippen LogP contribution in [0.2, 0.25) is 0 Å². The Balaban J connectivity index is 1.63. The summed E-state index contributed by atoms with van der Waals surface area (Å²) in [6.45, 7) is 2.39. The number of nitrogens with zero attached hydrogens (tertiary/aromatic N) is 1. The van der Waals surface area contributed by atoms with Gasteiger partial charge in [-0.1, -0.05) is 52.3 Å². The van der Waals surface area contributed by atoms with Gasteiger partial charge in [-0.3, -0.25) is 0 Å². The molecule has 3 aromatic rings. The van der Waals surface area contributed by atoms with Crippen LogP contribution in [0.3, 0.4) is 0 Å². The molecule has 2 heteroatoms. The smallest absolute Gasteiger partial charge is 0.0505 e. The third-order valence-corrected chi connectivity index (χ3v) is 5.89. The molecule has 2 aliphatic rings. The number of benzene rings is 3. The van der Waals surface area contributed by atoms with Crippen LogP contribution in [0, 0.1) is 0 Å². The average molecular weight is 376 g/mol. The summed E-state index contributed by atoms with van der Waals surface area (Å²) >= 11 is 3.61. The number of hydrogen-bond acceptors (Lipinski definition) is 1. The zero-order valence-electron chi connectivity index (χ0n) is 13.6. The van der Waals surface area contributed by atoms with Crippen LogP contribution in [0.1, 0.15) is 18.1 Å². The molecule has 0 fully saturated rings. The molecule has 0 saturated carbocycles. The standard InChI is InChI=1S/C22H18BrN/c1-22-13-17-11-16(15-5-3-2-4-6-15)7-9-20(17)24(22)21-10-8-19(23)12-18(21)14-22/h2-12H,13-14H2,1H3. The monoisotopic (exact) mass is 375 g/mol. The molecular weight excluding hydrogens is 358 g/mol. The molecule has 24 heavy (non-hydrogen) atoms. The maximum atomic E-state index is 3.61. The van der Waals surface area contributed by atoms with Crippen LogP contribution in [0.25, 0.3) is 11.1 Å². The molecule has 5 rings (SSSR count). The Labute approximate surface area is 151 Å². The number of rotatable bonds is 1. The van der Waals surface area contributed by atoms with Gasteiger partial charge >= 0.3 is 0 Å². The lowest BCUT2D eigenvalue weighted by Crippen LogP contribution is -2.37. The number of halogens is 1. The van der Waals surface area contributed by atoms with Gasteiger partial charge in [0.05, 0.1) is 5.54 Å². The van der Waals surface area contributed by atoms with E-state index in [2.05, 4.69) is 94.5 Å². The fourth-order valence-electron chi connectivity index (χ4n) is 4.42. The van der Waals surface area contributed by atoms with Crippen LogP contribution in [0.4, 0.5) is 11.4 Å². The van der Waals surface area contributed by atoms with E-state index in [4.69, 9.17) is 0 Å². The first-order valence-corrected chi connectivity index (χ1v) is 9.20. The second-order valence-electron chi connectivity index (χ2n) is 7.17. The highest BCUT2D eigenvalue weighted by Crippen LogP contribution is 2.52. The third kappa shape index (κ3) is 1.99. The summed E-state index contributed by atoms with van der Waals surface area (Å²) in [4.78, 5) is 2.55. The van der Waals surface area contributed by atoms with E-state index in [9.17, 15) is 0 Å². The Morgan fingerprint density at radius 1 is 0.792 bits per heavy atom. The highest BCUT2D eigenvalue weighted by molar-refractivity contribution is 9.10. The molecule has 3 aromatic carbocycles. The molecular formula is C22H18BrN. The van der Waals surface area contributed by atoms with Crippen molar-refractivity contribution in [3.8, 4) is 11.1 Å². The van der Waals surface area contributed by atoms with Gasteiger partial charge in [-0.05, 0) is 72.4 Å². The summed E-state index contributed by atoms with van der Waals surface area (Å²) in [5, 5.41) is 0. The third-order valence-electron chi connectivity index (χ3n) is 5.39. The van der Waals surface area contributed by atoms with Crippen LogP contribution < -0.4 is 4.90 Å². The summed E-state index contributed by atoms with van der Waals surface area (Å²) in [5.74, 6) is 0. The Morgan fingerprint density at radius 2 is 1.46 bits per heavy atom. The van der Waals surface area contributed by atoms with E-state index in [0.717, 1.165) is 12.8 Å². The Hall–Kier alpha value is -2.06. The highest BCUT2D eigenvalue weighted by Gasteiger charge is 2.46. The maximum Gasteiger partial charge on any atom is 0.0505 e. The number of fused-ring (bicyclic) bond motifs is 5. The Morgan fingerprint density at radius 3 is 2.21 bits per heavy atom.